The summed E-state index contributed by atoms with van der Waals surface area (Å²) in [6.07, 6.45) is 1.96. The number of aliphatic hydroxyl groups is 1. The summed E-state index contributed by atoms with van der Waals surface area (Å²) >= 11 is 0. The number of benzene rings is 3. The minimum absolute atomic E-state index is 0.0177. The number of nitrogens with one attached hydrogen (secondary N) is 1. The first-order chi connectivity index (χ1) is 24.8. The summed E-state index contributed by atoms with van der Waals surface area (Å²) in [6, 6.07) is 22.1. The van der Waals surface area contributed by atoms with Gasteiger partial charge in [-0.1, -0.05) is 66.7 Å². The van der Waals surface area contributed by atoms with E-state index in [1.807, 2.05) is 29.2 Å². The minimum Gasteiger partial charge on any atom is -0.481 e. The van der Waals surface area contributed by atoms with Gasteiger partial charge >= 0.3 is 11.7 Å². The van der Waals surface area contributed by atoms with Crippen molar-refractivity contribution < 1.29 is 29.4 Å². The van der Waals surface area contributed by atoms with Crippen molar-refractivity contribution in [2.45, 2.75) is 64.8 Å². The van der Waals surface area contributed by atoms with Crippen molar-refractivity contribution >= 4 is 29.4 Å². The van der Waals surface area contributed by atoms with Gasteiger partial charge in [-0.25, -0.2) is 9.59 Å². The maximum absolute atomic E-state index is 13.6. The maximum Gasteiger partial charge on any atom is 0.331 e. The van der Waals surface area contributed by atoms with Gasteiger partial charge in [0.1, 0.15) is 12.6 Å². The summed E-state index contributed by atoms with van der Waals surface area (Å²) < 4.78 is 2.36. The van der Waals surface area contributed by atoms with E-state index in [1.165, 1.54) is 16.8 Å². The number of rotatable bonds is 8. The number of carbonyl (C=O) groups is 4. The van der Waals surface area contributed by atoms with Gasteiger partial charge in [0.25, 0.3) is 11.5 Å². The Morgan fingerprint density at radius 2 is 1.54 bits per heavy atom. The predicted octanol–water partition coefficient (Wildman–Crippen LogP) is 4.35. The number of para-hydroxylation sites is 1. The van der Waals surface area contributed by atoms with Crippen molar-refractivity contribution in [1.29, 1.82) is 0 Å². The highest BCUT2D eigenvalue weighted by Gasteiger charge is 2.32. The lowest BCUT2D eigenvalue weighted by Crippen LogP contribution is -2.51. The van der Waals surface area contributed by atoms with Crippen LogP contribution >= 0.6 is 0 Å². The molecule has 1 saturated heterocycles. The van der Waals surface area contributed by atoms with Crippen LogP contribution in [0.5, 0.6) is 0 Å². The van der Waals surface area contributed by atoms with Gasteiger partial charge in [-0.15, -0.1) is 0 Å². The molecule has 2 aliphatic heterocycles. The van der Waals surface area contributed by atoms with Crippen LogP contribution in [0.15, 0.2) is 94.6 Å². The number of aliphatic carboxylic acids is 1. The number of urea groups is 1. The van der Waals surface area contributed by atoms with E-state index in [4.69, 9.17) is 9.90 Å². The van der Waals surface area contributed by atoms with Crippen LogP contribution in [0.1, 0.15) is 67.2 Å². The Labute approximate surface area is 300 Å². The number of aliphatic hydroxyl groups excluding tert-OH is 1. The number of aromatic nitrogens is 2. The van der Waals surface area contributed by atoms with E-state index < -0.39 is 35.1 Å². The summed E-state index contributed by atoms with van der Waals surface area (Å²) in [7, 11) is 0. The fourth-order valence-electron chi connectivity index (χ4n) is 6.58. The van der Waals surface area contributed by atoms with Gasteiger partial charge in [-0.3, -0.25) is 28.3 Å². The summed E-state index contributed by atoms with van der Waals surface area (Å²) in [5, 5.41) is 21.1. The Morgan fingerprint density at radius 3 is 2.21 bits per heavy atom. The zero-order valence-corrected chi connectivity index (χ0v) is 29.4. The molecule has 0 saturated carbocycles. The zero-order valence-electron chi connectivity index (χ0n) is 29.4. The fourth-order valence-corrected chi connectivity index (χ4v) is 6.58. The number of likely N-dealkylation sites (tertiary alicyclic amines) is 1. The average Bonchev–Trinajstić information content (AvgIpc) is 3.30. The number of piperidine rings is 1. The molecule has 3 amide bonds. The molecule has 6 rings (SSSR count). The molecule has 1 atom stereocenters. The van der Waals surface area contributed by atoms with Gasteiger partial charge in [-0.05, 0) is 61.9 Å². The maximum atomic E-state index is 13.6. The normalized spacial score (nSPS) is 15.1. The first-order valence-electron chi connectivity index (χ1n) is 17.2. The molecule has 3 heterocycles. The average molecular weight is 710 g/mol. The van der Waals surface area contributed by atoms with Gasteiger partial charge in [-0.2, -0.15) is 0 Å². The third-order valence-corrected chi connectivity index (χ3v) is 9.23. The number of anilines is 1. The van der Waals surface area contributed by atoms with E-state index in [-0.39, 0.29) is 35.7 Å². The second-order valence-corrected chi connectivity index (χ2v) is 13.1. The predicted molar refractivity (Wildman–Crippen MR) is 195 cm³/mol. The molecule has 1 fully saturated rings. The van der Waals surface area contributed by atoms with Gasteiger partial charge < -0.3 is 25.3 Å². The van der Waals surface area contributed by atoms with Crippen LogP contribution in [0.4, 0.5) is 10.5 Å². The molecule has 4 aromatic rings. The lowest BCUT2D eigenvalue weighted by atomic mass is 9.97. The molecule has 0 bridgehead atoms. The molecule has 3 N–H and O–H groups in total. The first kappa shape index (κ1) is 37.4. The summed E-state index contributed by atoms with van der Waals surface area (Å²) in [5.41, 5.74) is 1.99. The van der Waals surface area contributed by atoms with Crippen molar-refractivity contribution in [3.8, 4) is 11.1 Å². The third-order valence-electron chi connectivity index (χ3n) is 9.23. The van der Waals surface area contributed by atoms with Crippen LogP contribution in [-0.4, -0.2) is 78.5 Å². The highest BCUT2D eigenvalue weighted by molar-refractivity contribution is 6.00. The van der Waals surface area contributed by atoms with Crippen LogP contribution in [0.25, 0.3) is 11.1 Å². The van der Waals surface area contributed by atoms with Crippen molar-refractivity contribution in [3.63, 3.8) is 0 Å². The van der Waals surface area contributed by atoms with Gasteiger partial charge in [0.2, 0.25) is 5.91 Å². The molecule has 0 spiro atoms. The minimum atomic E-state index is -1.38. The molecule has 1 aromatic heterocycles. The molecule has 0 radical (unpaired) electrons. The Kier molecular flexibility index (Phi) is 11.9. The Morgan fingerprint density at radius 1 is 0.885 bits per heavy atom. The van der Waals surface area contributed by atoms with Crippen molar-refractivity contribution in [2.24, 2.45) is 0 Å². The lowest BCUT2D eigenvalue weighted by Gasteiger charge is -2.38. The molecular formula is C39H43N5O8. The summed E-state index contributed by atoms with van der Waals surface area (Å²) in [4.78, 5) is 79.4. The molecule has 3 aromatic carbocycles. The topological polar surface area (TPSA) is 171 Å². The van der Waals surface area contributed by atoms with Gasteiger partial charge in [0.05, 0.1) is 5.56 Å². The molecule has 0 aliphatic carbocycles. The van der Waals surface area contributed by atoms with Crippen LogP contribution in [0, 0.1) is 0 Å². The molecule has 272 valence electrons. The monoisotopic (exact) mass is 709 g/mol. The summed E-state index contributed by atoms with van der Waals surface area (Å²) in [5.74, 6) is -1.63. The largest absolute Gasteiger partial charge is 0.481 e. The molecule has 1 unspecified atom stereocenters. The molecule has 2 aliphatic rings. The molecule has 13 nitrogen and oxygen atoms in total. The third kappa shape index (κ3) is 8.55. The van der Waals surface area contributed by atoms with Crippen LogP contribution in [0.3, 0.4) is 0 Å². The molecule has 13 heteroatoms. The number of carboxylic acids is 1. The van der Waals surface area contributed by atoms with E-state index in [0.717, 1.165) is 29.2 Å². The van der Waals surface area contributed by atoms with E-state index >= 15 is 0 Å². The Hall–Kier alpha value is -5.82. The number of ketones is 1. The number of fused-ring (bicyclic) bond motifs is 1. The number of carbonyl (C=O) groups excluding carboxylic acids is 3. The highest BCUT2D eigenvalue weighted by atomic mass is 16.4. The number of hydrogen-bond acceptors (Lipinski definition) is 7. The summed E-state index contributed by atoms with van der Waals surface area (Å²) in [6.45, 7) is 5.70. The Balaban J connectivity index is 0.00000124. The Bertz CT molecular complexity index is 2060. The lowest BCUT2D eigenvalue weighted by molar-refractivity contribution is -0.135. The second kappa shape index (κ2) is 16.5. The fraction of sp³-hybridized carbons (Fsp3) is 0.333. The van der Waals surface area contributed by atoms with Crippen molar-refractivity contribution in [3.05, 3.63) is 123 Å². The number of carboxylic acid groups (broad SMARTS) is 1. The van der Waals surface area contributed by atoms with Gasteiger partial charge in [0, 0.05) is 56.1 Å². The number of Topliss-reactive ketones (excluding diaryl/α,β-unsaturated/α-hetero) is 1. The molecule has 52 heavy (non-hydrogen) atoms. The van der Waals surface area contributed by atoms with Crippen LogP contribution in [-0.2, 0) is 22.6 Å². The van der Waals surface area contributed by atoms with E-state index in [0.29, 0.717) is 43.6 Å². The number of nitrogens with zero attached hydrogens (tertiary/aromatic N) is 4. The SMILES string of the molecule is CC(=O)O.CC(C)n1c(=O)c(-c2cccc(C(=O)C(O)c3ccccc3)c2)cn(CC(=O)N2CCC(N3CCc4ccccc4NC3=O)CC2)c1=O. The van der Waals surface area contributed by atoms with E-state index in [1.54, 1.807) is 67.3 Å². The van der Waals surface area contributed by atoms with Crippen LogP contribution < -0.4 is 16.6 Å². The standard InChI is InChI=1S/C37H39N5O6.C2H4O2/c1-24(2)42-35(46)30(27-12-8-13-28(21-27)34(45)33(44)26-10-4-3-5-11-26)22-40(37(42)48)23-32(43)39-18-16-29(17-19-39)41-20-15-25-9-6-7-14-31(25)38-36(41)47;1-2(3)4/h3-14,21-22,24,29,33,44H,15-20,23H2,1-2H3,(H,38,47);1H3,(H,3,4). The van der Waals surface area contributed by atoms with E-state index in [2.05, 4.69) is 5.32 Å². The highest BCUT2D eigenvalue weighted by Crippen LogP contribution is 2.26. The number of hydrogen-bond donors (Lipinski definition) is 3. The van der Waals surface area contributed by atoms with Crippen molar-refractivity contribution in [2.75, 3.05) is 25.0 Å². The smallest absolute Gasteiger partial charge is 0.331 e. The quantitative estimate of drug-likeness (QED) is 0.227. The van der Waals surface area contributed by atoms with E-state index in [9.17, 15) is 29.1 Å². The van der Waals surface area contributed by atoms with Gasteiger partial charge in [0.15, 0.2) is 5.78 Å². The number of amides is 3. The zero-order chi connectivity index (χ0) is 37.5. The van der Waals surface area contributed by atoms with Crippen LogP contribution in [0.2, 0.25) is 0 Å². The molecular weight excluding hydrogens is 666 g/mol. The second-order valence-electron chi connectivity index (χ2n) is 13.1. The first-order valence-corrected chi connectivity index (χ1v) is 17.2. The van der Waals surface area contributed by atoms with Crippen molar-refractivity contribution in [1.82, 2.24) is 18.9 Å².